The summed E-state index contributed by atoms with van der Waals surface area (Å²) in [7, 11) is -3.64. The van der Waals surface area contributed by atoms with Crippen LogP contribution in [-0.4, -0.2) is 20.9 Å². The third-order valence-corrected chi connectivity index (χ3v) is 6.26. The second-order valence-corrected chi connectivity index (χ2v) is 8.68. The number of nitrogens with one attached hydrogen (secondary N) is 2. The molecular formula is C18H19BrN2O3S. The van der Waals surface area contributed by atoms with Crippen molar-refractivity contribution in [1.82, 2.24) is 5.32 Å². The summed E-state index contributed by atoms with van der Waals surface area (Å²) in [5.41, 5.74) is 0.947. The van der Waals surface area contributed by atoms with Crippen molar-refractivity contribution in [2.75, 3.05) is 11.3 Å². The summed E-state index contributed by atoms with van der Waals surface area (Å²) in [6, 6.07) is 13.5. The number of hydrogen-bond acceptors (Lipinski definition) is 3. The maximum atomic E-state index is 12.4. The SMILES string of the molecule is CCNC(=O)C1(c2ccc(NS(=O)(=O)c3ccc(Br)cc3)cc2)CC1. The molecule has 3 rings (SSSR count). The highest BCUT2D eigenvalue weighted by molar-refractivity contribution is 9.10. The van der Waals surface area contributed by atoms with Crippen LogP contribution in [0, 0.1) is 0 Å². The first-order valence-corrected chi connectivity index (χ1v) is 10.3. The Labute approximate surface area is 156 Å². The number of sulfonamides is 1. The molecule has 1 fully saturated rings. The molecule has 25 heavy (non-hydrogen) atoms. The molecule has 0 spiro atoms. The molecule has 2 aromatic rings. The number of likely N-dealkylation sites (N-methyl/N-ethyl adjacent to an activating group) is 1. The fraction of sp³-hybridized carbons (Fsp3) is 0.278. The van der Waals surface area contributed by atoms with E-state index in [1.165, 1.54) is 12.1 Å². The van der Waals surface area contributed by atoms with Gasteiger partial charge in [-0.1, -0.05) is 28.1 Å². The van der Waals surface area contributed by atoms with Crippen molar-refractivity contribution >= 4 is 37.5 Å². The van der Waals surface area contributed by atoms with E-state index < -0.39 is 15.4 Å². The molecule has 0 saturated heterocycles. The molecule has 132 valence electrons. The summed E-state index contributed by atoms with van der Waals surface area (Å²) < 4.78 is 28.2. The molecule has 1 aliphatic rings. The van der Waals surface area contributed by atoms with Gasteiger partial charge < -0.3 is 5.32 Å². The van der Waals surface area contributed by atoms with Gasteiger partial charge in [-0.05, 0) is 61.7 Å². The van der Waals surface area contributed by atoms with Gasteiger partial charge in [-0.3, -0.25) is 9.52 Å². The Morgan fingerprint density at radius 3 is 2.20 bits per heavy atom. The molecule has 2 aromatic carbocycles. The lowest BCUT2D eigenvalue weighted by molar-refractivity contribution is -0.123. The highest BCUT2D eigenvalue weighted by Crippen LogP contribution is 2.48. The van der Waals surface area contributed by atoms with Gasteiger partial charge in [-0.2, -0.15) is 0 Å². The van der Waals surface area contributed by atoms with Crippen LogP contribution in [0.3, 0.4) is 0 Å². The van der Waals surface area contributed by atoms with Crippen LogP contribution in [0.25, 0.3) is 0 Å². The van der Waals surface area contributed by atoms with Gasteiger partial charge in [0.2, 0.25) is 5.91 Å². The molecule has 0 atom stereocenters. The Hall–Kier alpha value is -1.86. The predicted molar refractivity (Wildman–Crippen MR) is 101 cm³/mol. The lowest BCUT2D eigenvalue weighted by atomic mass is 9.95. The zero-order valence-electron chi connectivity index (χ0n) is 13.8. The minimum Gasteiger partial charge on any atom is -0.356 e. The van der Waals surface area contributed by atoms with E-state index in [9.17, 15) is 13.2 Å². The largest absolute Gasteiger partial charge is 0.356 e. The van der Waals surface area contributed by atoms with Crippen LogP contribution in [0.2, 0.25) is 0 Å². The fourth-order valence-corrected chi connectivity index (χ4v) is 4.11. The van der Waals surface area contributed by atoms with Crippen LogP contribution in [0.1, 0.15) is 25.3 Å². The molecule has 0 aliphatic heterocycles. The average molecular weight is 423 g/mol. The minimum atomic E-state index is -3.64. The topological polar surface area (TPSA) is 75.3 Å². The Kier molecular flexibility index (Phi) is 4.88. The van der Waals surface area contributed by atoms with Crippen molar-refractivity contribution in [1.29, 1.82) is 0 Å². The minimum absolute atomic E-state index is 0.0400. The summed E-state index contributed by atoms with van der Waals surface area (Å²) in [5, 5.41) is 2.87. The van der Waals surface area contributed by atoms with Crippen LogP contribution < -0.4 is 10.0 Å². The Morgan fingerprint density at radius 1 is 1.08 bits per heavy atom. The highest BCUT2D eigenvalue weighted by Gasteiger charge is 2.50. The molecule has 1 amide bonds. The third kappa shape index (κ3) is 3.72. The highest BCUT2D eigenvalue weighted by atomic mass is 79.9. The maximum Gasteiger partial charge on any atom is 0.261 e. The lowest BCUT2D eigenvalue weighted by Crippen LogP contribution is -2.34. The summed E-state index contributed by atoms with van der Waals surface area (Å²) in [5.74, 6) is 0.0400. The number of carbonyl (C=O) groups is 1. The molecular weight excluding hydrogens is 404 g/mol. The van der Waals surface area contributed by atoms with Crippen molar-refractivity contribution < 1.29 is 13.2 Å². The van der Waals surface area contributed by atoms with Gasteiger partial charge in [0.1, 0.15) is 0 Å². The van der Waals surface area contributed by atoms with Gasteiger partial charge in [0, 0.05) is 16.7 Å². The van der Waals surface area contributed by atoms with E-state index >= 15 is 0 Å². The second-order valence-electron chi connectivity index (χ2n) is 6.08. The van der Waals surface area contributed by atoms with Crippen molar-refractivity contribution in [3.8, 4) is 0 Å². The van der Waals surface area contributed by atoms with Crippen LogP contribution >= 0.6 is 15.9 Å². The van der Waals surface area contributed by atoms with E-state index in [0.717, 1.165) is 22.9 Å². The Bertz CT molecular complexity index is 874. The van der Waals surface area contributed by atoms with Crippen molar-refractivity contribution in [3.05, 3.63) is 58.6 Å². The molecule has 1 aliphatic carbocycles. The number of hydrogen-bond donors (Lipinski definition) is 2. The number of amides is 1. The molecule has 0 unspecified atom stereocenters. The van der Waals surface area contributed by atoms with E-state index in [0.29, 0.717) is 12.2 Å². The summed E-state index contributed by atoms with van der Waals surface area (Å²) >= 11 is 3.29. The number of rotatable bonds is 6. The quantitative estimate of drug-likeness (QED) is 0.748. The van der Waals surface area contributed by atoms with E-state index in [1.807, 2.05) is 19.1 Å². The molecule has 5 nitrogen and oxygen atoms in total. The van der Waals surface area contributed by atoms with Crippen LogP contribution in [-0.2, 0) is 20.2 Å². The maximum absolute atomic E-state index is 12.4. The molecule has 0 bridgehead atoms. The smallest absolute Gasteiger partial charge is 0.261 e. The number of anilines is 1. The van der Waals surface area contributed by atoms with Gasteiger partial charge in [0.05, 0.1) is 10.3 Å². The first kappa shape index (κ1) is 17.9. The molecule has 0 heterocycles. The van der Waals surface area contributed by atoms with E-state index in [-0.39, 0.29) is 10.8 Å². The van der Waals surface area contributed by atoms with Crippen molar-refractivity contribution in [2.45, 2.75) is 30.1 Å². The molecule has 0 aromatic heterocycles. The molecule has 7 heteroatoms. The second kappa shape index (κ2) is 6.80. The standard InChI is InChI=1S/C18H19BrN2O3S/c1-2-20-17(22)18(11-12-18)13-3-7-15(8-4-13)21-25(23,24)16-9-5-14(19)6-10-16/h3-10,21H,2,11-12H2,1H3,(H,20,22). The third-order valence-electron chi connectivity index (χ3n) is 4.34. The number of halogens is 1. The summed E-state index contributed by atoms with van der Waals surface area (Å²) in [4.78, 5) is 12.4. The van der Waals surface area contributed by atoms with Crippen LogP contribution in [0.15, 0.2) is 57.9 Å². The van der Waals surface area contributed by atoms with Crippen LogP contribution in [0.4, 0.5) is 5.69 Å². The van der Waals surface area contributed by atoms with Gasteiger partial charge in [0.15, 0.2) is 0 Å². The van der Waals surface area contributed by atoms with Crippen molar-refractivity contribution in [3.63, 3.8) is 0 Å². The molecule has 2 N–H and O–H groups in total. The fourth-order valence-electron chi connectivity index (χ4n) is 2.79. The zero-order valence-corrected chi connectivity index (χ0v) is 16.2. The van der Waals surface area contributed by atoms with Gasteiger partial charge in [0.25, 0.3) is 10.0 Å². The molecule has 0 radical (unpaired) electrons. The molecule has 1 saturated carbocycles. The summed E-state index contributed by atoms with van der Waals surface area (Å²) in [6.07, 6.45) is 1.64. The lowest BCUT2D eigenvalue weighted by Gasteiger charge is -2.16. The first-order chi connectivity index (χ1) is 11.9. The van der Waals surface area contributed by atoms with E-state index in [4.69, 9.17) is 0 Å². The monoisotopic (exact) mass is 422 g/mol. The number of benzene rings is 2. The van der Waals surface area contributed by atoms with Crippen LogP contribution in [0.5, 0.6) is 0 Å². The van der Waals surface area contributed by atoms with E-state index in [1.54, 1.807) is 24.3 Å². The average Bonchev–Trinajstić information content (AvgIpc) is 3.38. The van der Waals surface area contributed by atoms with Gasteiger partial charge in [-0.15, -0.1) is 0 Å². The Balaban J connectivity index is 1.77. The first-order valence-electron chi connectivity index (χ1n) is 8.05. The van der Waals surface area contributed by atoms with Gasteiger partial charge in [-0.25, -0.2) is 8.42 Å². The Morgan fingerprint density at radius 2 is 1.68 bits per heavy atom. The van der Waals surface area contributed by atoms with Crippen molar-refractivity contribution in [2.24, 2.45) is 0 Å². The number of carbonyl (C=O) groups excluding carboxylic acids is 1. The summed E-state index contributed by atoms with van der Waals surface area (Å²) in [6.45, 7) is 2.50. The zero-order chi connectivity index (χ0) is 18.1. The van der Waals surface area contributed by atoms with E-state index in [2.05, 4.69) is 26.0 Å². The normalized spacial score (nSPS) is 15.4. The predicted octanol–water partition coefficient (Wildman–Crippen LogP) is 3.42. The van der Waals surface area contributed by atoms with Gasteiger partial charge >= 0.3 is 0 Å².